The number of amides is 1. The van der Waals surface area contributed by atoms with Gasteiger partial charge in [0.25, 0.3) is 5.91 Å². The topological polar surface area (TPSA) is 131 Å². The van der Waals surface area contributed by atoms with E-state index >= 15 is 0 Å². The summed E-state index contributed by atoms with van der Waals surface area (Å²) in [7, 11) is -3.27. The van der Waals surface area contributed by atoms with Crippen molar-refractivity contribution in [1.82, 2.24) is 15.1 Å². The van der Waals surface area contributed by atoms with Crippen LogP contribution in [0.4, 0.5) is 22.0 Å². The molecule has 1 amide bonds. The first-order chi connectivity index (χ1) is 19.2. The molecule has 2 aromatic rings. The molecule has 1 aliphatic carbocycles. The van der Waals surface area contributed by atoms with E-state index in [1.54, 1.807) is 6.92 Å². The van der Waals surface area contributed by atoms with Crippen molar-refractivity contribution in [3.05, 3.63) is 34.5 Å². The molecule has 1 aromatic carbocycles. The summed E-state index contributed by atoms with van der Waals surface area (Å²) in [6.45, 7) is -0.366. The molecule has 0 aliphatic heterocycles. The molecule has 1 unspecified atom stereocenters. The van der Waals surface area contributed by atoms with E-state index in [4.69, 9.17) is 11.6 Å². The summed E-state index contributed by atoms with van der Waals surface area (Å²) < 4.78 is 96.6. The number of benzene rings is 1. The Morgan fingerprint density at radius 3 is 2.36 bits per heavy atom. The fourth-order valence-electron chi connectivity index (χ4n) is 4.80. The molecule has 0 saturated heterocycles. The minimum Gasteiger partial charge on any atom is -0.434 e. The van der Waals surface area contributed by atoms with E-state index in [1.165, 1.54) is 4.68 Å². The number of nitrogens with one attached hydrogen (secondary N) is 1. The summed E-state index contributed by atoms with van der Waals surface area (Å²) >= 11 is 6.49. The number of hydrogen-bond acceptors (Lipinski definition) is 7. The minimum atomic E-state index is -4.82. The van der Waals surface area contributed by atoms with E-state index in [-0.39, 0.29) is 66.3 Å². The molecular weight excluding hydrogens is 613 g/mol. The molecule has 42 heavy (non-hydrogen) atoms. The Balaban J connectivity index is 1.92. The molecule has 9 nitrogen and oxygen atoms in total. The maximum Gasteiger partial charge on any atom is 0.396 e. The van der Waals surface area contributed by atoms with Gasteiger partial charge in [0.1, 0.15) is 15.6 Å². The smallest absolute Gasteiger partial charge is 0.396 e. The standard InChI is InChI=1S/C26H33ClF5N3O6S/c1-5-35-20(16-7-6-14(12-17(16)41-23(28)29)21(36)24(2,3)26(30,31)32)18(27)19(34-35)22(37)33-13-25(38)10-8-15(9-11-25)42(4,39)40/h6-7,12,15,21,23,36,38H,5,8-11,13H2,1-4H3,(H,33,37)/t15-,21?,25+. The van der Waals surface area contributed by atoms with Gasteiger partial charge in [0.05, 0.1) is 33.1 Å². The van der Waals surface area contributed by atoms with Gasteiger partial charge in [-0.1, -0.05) is 17.7 Å². The van der Waals surface area contributed by atoms with Crippen LogP contribution in [0, 0.1) is 5.41 Å². The number of hydrogen-bond donors (Lipinski definition) is 3. The molecule has 1 aliphatic rings. The van der Waals surface area contributed by atoms with Crippen molar-refractivity contribution in [2.75, 3.05) is 12.8 Å². The molecule has 1 atom stereocenters. The van der Waals surface area contributed by atoms with E-state index in [0.29, 0.717) is 0 Å². The molecular formula is C26H33ClF5N3O6S. The van der Waals surface area contributed by atoms with Crippen molar-refractivity contribution < 1.29 is 50.1 Å². The number of rotatable bonds is 10. The Labute approximate surface area is 244 Å². The number of carbonyl (C=O) groups is 1. The van der Waals surface area contributed by atoms with Crippen molar-refractivity contribution >= 4 is 27.3 Å². The van der Waals surface area contributed by atoms with Crippen LogP contribution in [-0.4, -0.2) is 70.8 Å². The number of aromatic nitrogens is 2. The van der Waals surface area contributed by atoms with Crippen molar-refractivity contribution in [3.63, 3.8) is 0 Å². The monoisotopic (exact) mass is 645 g/mol. The van der Waals surface area contributed by atoms with E-state index in [9.17, 15) is 45.4 Å². The molecule has 1 fully saturated rings. The summed E-state index contributed by atoms with van der Waals surface area (Å²) in [6.07, 6.45) is -5.11. The summed E-state index contributed by atoms with van der Waals surface area (Å²) in [5, 5.41) is 27.2. The van der Waals surface area contributed by atoms with Gasteiger partial charge >= 0.3 is 12.8 Å². The maximum atomic E-state index is 13.5. The van der Waals surface area contributed by atoms with Gasteiger partial charge in [-0.25, -0.2) is 8.42 Å². The Morgan fingerprint density at radius 2 is 1.86 bits per heavy atom. The van der Waals surface area contributed by atoms with Crippen molar-refractivity contribution in [1.29, 1.82) is 0 Å². The van der Waals surface area contributed by atoms with Crippen LogP contribution in [0.2, 0.25) is 5.02 Å². The predicted molar refractivity (Wildman–Crippen MR) is 144 cm³/mol. The lowest BCUT2D eigenvalue weighted by molar-refractivity contribution is -0.243. The largest absolute Gasteiger partial charge is 0.434 e. The highest BCUT2D eigenvalue weighted by Gasteiger charge is 2.52. The molecule has 1 saturated carbocycles. The van der Waals surface area contributed by atoms with Crippen molar-refractivity contribution in [2.24, 2.45) is 5.41 Å². The first-order valence-corrected chi connectivity index (χ1v) is 15.3. The van der Waals surface area contributed by atoms with Crippen LogP contribution in [-0.2, 0) is 16.4 Å². The van der Waals surface area contributed by atoms with Crippen LogP contribution in [0.25, 0.3) is 11.3 Å². The average molecular weight is 646 g/mol. The highest BCUT2D eigenvalue weighted by atomic mass is 35.5. The molecule has 236 valence electrons. The lowest BCUT2D eigenvalue weighted by Crippen LogP contribution is -2.47. The Bertz CT molecular complexity index is 1410. The second kappa shape index (κ2) is 12.2. The fourth-order valence-corrected chi connectivity index (χ4v) is 6.22. The van der Waals surface area contributed by atoms with Crippen LogP contribution in [0.1, 0.15) is 68.6 Å². The van der Waals surface area contributed by atoms with E-state index in [2.05, 4.69) is 15.2 Å². The zero-order valence-corrected chi connectivity index (χ0v) is 24.9. The third-order valence-corrected chi connectivity index (χ3v) is 9.70. The lowest BCUT2D eigenvalue weighted by Gasteiger charge is -2.35. The number of sulfone groups is 1. The first kappa shape index (κ1) is 34.0. The SMILES string of the molecule is CCn1nc(C(=O)NC[C@]2(O)CC[C@@H](S(C)(=O)=O)CC2)c(Cl)c1-c1ccc(C(O)C(C)(C)C(F)(F)F)cc1OC(F)F. The molecule has 0 bridgehead atoms. The van der Waals surface area contributed by atoms with Gasteiger partial charge in [-0.15, -0.1) is 0 Å². The number of carbonyl (C=O) groups excluding carboxylic acids is 1. The second-order valence-corrected chi connectivity index (χ2v) is 13.7. The van der Waals surface area contributed by atoms with Gasteiger partial charge in [-0.3, -0.25) is 9.48 Å². The quantitative estimate of drug-likeness (QED) is 0.314. The molecule has 1 heterocycles. The van der Waals surface area contributed by atoms with Gasteiger partial charge in [-0.05, 0) is 64.2 Å². The first-order valence-electron chi connectivity index (χ1n) is 13.0. The summed E-state index contributed by atoms with van der Waals surface area (Å²) in [5.41, 5.74) is -4.80. The van der Waals surface area contributed by atoms with Gasteiger partial charge in [0.15, 0.2) is 5.69 Å². The number of nitrogens with zero attached hydrogens (tertiary/aromatic N) is 2. The van der Waals surface area contributed by atoms with Crippen LogP contribution in [0.3, 0.4) is 0 Å². The molecule has 3 rings (SSSR count). The number of aryl methyl sites for hydroxylation is 1. The van der Waals surface area contributed by atoms with Crippen LogP contribution >= 0.6 is 11.6 Å². The van der Waals surface area contributed by atoms with Crippen molar-refractivity contribution in [2.45, 2.75) is 82.7 Å². The number of aliphatic hydroxyl groups excluding tert-OH is 1. The summed E-state index contributed by atoms with van der Waals surface area (Å²) in [6, 6.07) is 3.10. The van der Waals surface area contributed by atoms with Gasteiger partial charge < -0.3 is 20.3 Å². The molecule has 0 radical (unpaired) electrons. The number of ether oxygens (including phenoxy) is 1. The highest BCUT2D eigenvalue weighted by Crippen LogP contribution is 2.48. The highest BCUT2D eigenvalue weighted by molar-refractivity contribution is 7.91. The van der Waals surface area contributed by atoms with Crippen LogP contribution in [0.15, 0.2) is 18.2 Å². The second-order valence-electron chi connectivity index (χ2n) is 11.0. The normalized spacial score (nSPS) is 20.9. The zero-order valence-electron chi connectivity index (χ0n) is 23.3. The minimum absolute atomic E-state index is 0.0385. The van der Waals surface area contributed by atoms with Crippen molar-refractivity contribution in [3.8, 4) is 17.0 Å². The lowest BCUT2D eigenvalue weighted by atomic mass is 9.81. The van der Waals surface area contributed by atoms with E-state index in [0.717, 1.165) is 38.3 Å². The van der Waals surface area contributed by atoms with Gasteiger partial charge in [0.2, 0.25) is 0 Å². The average Bonchev–Trinajstić information content (AvgIpc) is 3.21. The van der Waals surface area contributed by atoms with E-state index < -0.39 is 56.7 Å². The Kier molecular flexibility index (Phi) is 9.92. The molecule has 16 heteroatoms. The van der Waals surface area contributed by atoms with Crippen LogP contribution in [0.5, 0.6) is 5.75 Å². The maximum absolute atomic E-state index is 13.5. The summed E-state index contributed by atoms with van der Waals surface area (Å²) in [5.74, 6) is -1.40. The van der Waals surface area contributed by atoms with Crippen LogP contribution < -0.4 is 10.1 Å². The third kappa shape index (κ3) is 7.17. The Hall–Kier alpha value is -2.49. The molecule has 0 spiro atoms. The Morgan fingerprint density at radius 1 is 1.26 bits per heavy atom. The fraction of sp³-hybridized carbons (Fsp3) is 0.615. The number of aliphatic hydroxyl groups is 2. The van der Waals surface area contributed by atoms with Gasteiger partial charge in [-0.2, -0.15) is 27.1 Å². The molecule has 3 N–H and O–H groups in total. The third-order valence-electron chi connectivity index (χ3n) is 7.66. The van der Waals surface area contributed by atoms with E-state index in [1.807, 2.05) is 0 Å². The summed E-state index contributed by atoms with van der Waals surface area (Å²) in [4.78, 5) is 13.0. The number of halogens is 6. The molecule has 1 aromatic heterocycles. The zero-order chi connectivity index (χ0) is 31.8. The predicted octanol–water partition coefficient (Wildman–Crippen LogP) is 4.89. The van der Waals surface area contributed by atoms with Gasteiger partial charge in [0, 0.05) is 24.9 Å². The number of alkyl halides is 5.